The first kappa shape index (κ1) is 17.3. The highest BCUT2D eigenvalue weighted by atomic mass is 16.6. The molecule has 4 heterocycles. The number of aliphatic imine (C=N–C) groups is 2. The average molecular weight is 369 g/mol. The van der Waals surface area contributed by atoms with E-state index in [-0.39, 0.29) is 18.1 Å². The normalized spacial score (nSPS) is 27.0. The average Bonchev–Trinajstić information content (AvgIpc) is 3.25. The van der Waals surface area contributed by atoms with Crippen LogP contribution < -0.4 is 11.1 Å². The van der Waals surface area contributed by atoms with Gasteiger partial charge in [-0.25, -0.2) is 9.79 Å². The smallest absolute Gasteiger partial charge is 0.410 e. The molecule has 27 heavy (non-hydrogen) atoms. The summed E-state index contributed by atoms with van der Waals surface area (Å²) < 4.78 is 6.98. The lowest BCUT2D eigenvalue weighted by Crippen LogP contribution is -2.47. The van der Waals surface area contributed by atoms with E-state index in [0.717, 1.165) is 36.2 Å². The van der Waals surface area contributed by atoms with Crippen molar-refractivity contribution in [2.75, 3.05) is 20.2 Å². The molecule has 2 saturated heterocycles. The highest BCUT2D eigenvalue weighted by molar-refractivity contribution is 6.12. The summed E-state index contributed by atoms with van der Waals surface area (Å²) in [5.41, 5.74) is 8.73. The fourth-order valence-electron chi connectivity index (χ4n) is 3.88. The molecule has 1 amide bonds. The van der Waals surface area contributed by atoms with Gasteiger partial charge in [-0.05, 0) is 12.8 Å². The summed E-state index contributed by atoms with van der Waals surface area (Å²) in [5.74, 6) is 1.24. The Balaban J connectivity index is 1.74. The molecule has 0 radical (unpaired) electrons. The maximum Gasteiger partial charge on any atom is 0.410 e. The minimum Gasteiger partial charge on any atom is -0.447 e. The fraction of sp³-hybridized carbons (Fsp3) is 0.444. The van der Waals surface area contributed by atoms with E-state index in [1.807, 2.05) is 24.2 Å². The number of hydrogen-bond acceptors (Lipinski definition) is 7. The molecule has 142 valence electrons. The quantitative estimate of drug-likeness (QED) is 0.768. The van der Waals surface area contributed by atoms with Gasteiger partial charge in [0.15, 0.2) is 0 Å². The lowest BCUT2D eigenvalue weighted by molar-refractivity contribution is 0.151. The van der Waals surface area contributed by atoms with E-state index in [4.69, 9.17) is 15.5 Å². The number of carbonyl (C=O) groups is 1. The topological polar surface area (TPSA) is 110 Å². The Bertz CT molecular complexity index is 880. The van der Waals surface area contributed by atoms with Crippen molar-refractivity contribution in [2.24, 2.45) is 28.7 Å². The van der Waals surface area contributed by atoms with Crippen molar-refractivity contribution in [3.63, 3.8) is 0 Å². The van der Waals surface area contributed by atoms with E-state index < -0.39 is 0 Å². The molecule has 0 unspecified atom stereocenters. The Morgan fingerprint density at radius 3 is 3.11 bits per heavy atom. The number of piperidine rings is 1. The van der Waals surface area contributed by atoms with Crippen LogP contribution in [-0.2, 0) is 11.8 Å². The Labute approximate surface area is 157 Å². The summed E-state index contributed by atoms with van der Waals surface area (Å²) in [5, 5.41) is 7.37. The Morgan fingerprint density at radius 2 is 2.37 bits per heavy atom. The summed E-state index contributed by atoms with van der Waals surface area (Å²) in [7, 11) is 3.57. The van der Waals surface area contributed by atoms with Crippen LogP contribution in [0.1, 0.15) is 18.4 Å². The zero-order valence-electron chi connectivity index (χ0n) is 15.4. The van der Waals surface area contributed by atoms with E-state index in [9.17, 15) is 4.79 Å². The zero-order chi connectivity index (χ0) is 19.0. The monoisotopic (exact) mass is 369 g/mol. The minimum atomic E-state index is -0.235. The molecule has 9 heteroatoms. The zero-order valence-corrected chi connectivity index (χ0v) is 15.4. The molecule has 1 aromatic heterocycles. The maximum absolute atomic E-state index is 11.9. The molecule has 2 fully saturated rings. The molecule has 4 rings (SSSR count). The Kier molecular flexibility index (Phi) is 4.43. The molecule has 3 aliphatic rings. The van der Waals surface area contributed by atoms with Gasteiger partial charge in [0.1, 0.15) is 18.2 Å². The number of ether oxygens (including phenoxy) is 1. The van der Waals surface area contributed by atoms with Crippen LogP contribution in [0.2, 0.25) is 0 Å². The molecule has 2 atom stereocenters. The molecule has 1 aromatic rings. The van der Waals surface area contributed by atoms with Crippen molar-refractivity contribution in [3.8, 4) is 0 Å². The molecule has 0 aliphatic carbocycles. The second-order valence-corrected chi connectivity index (χ2v) is 6.90. The van der Waals surface area contributed by atoms with E-state index in [2.05, 4.69) is 15.4 Å². The lowest BCUT2D eigenvalue weighted by Gasteiger charge is -2.35. The number of nitrogens with zero attached hydrogens (tertiary/aromatic N) is 5. The molecular formula is C18H23N7O2. The first-order valence-corrected chi connectivity index (χ1v) is 8.98. The van der Waals surface area contributed by atoms with Crippen molar-refractivity contribution in [1.29, 1.82) is 0 Å². The summed E-state index contributed by atoms with van der Waals surface area (Å²) in [6.07, 6.45) is 8.89. The number of nitrogens with two attached hydrogens (primary N) is 1. The Hall–Kier alpha value is -3.10. The van der Waals surface area contributed by atoms with Crippen LogP contribution in [0.5, 0.6) is 0 Å². The molecule has 3 aliphatic heterocycles. The number of rotatable bonds is 3. The van der Waals surface area contributed by atoms with E-state index in [1.165, 1.54) is 0 Å². The lowest BCUT2D eigenvalue weighted by atomic mass is 9.85. The van der Waals surface area contributed by atoms with Crippen LogP contribution in [0.25, 0.3) is 5.57 Å². The second kappa shape index (κ2) is 6.90. The molecule has 9 nitrogen and oxygen atoms in total. The van der Waals surface area contributed by atoms with Crippen molar-refractivity contribution >= 4 is 23.6 Å². The minimum absolute atomic E-state index is 0.00934. The Morgan fingerprint density at radius 1 is 1.52 bits per heavy atom. The predicted octanol–water partition coefficient (Wildman–Crippen LogP) is 0.864. The third-order valence-corrected chi connectivity index (χ3v) is 5.11. The fourth-order valence-corrected chi connectivity index (χ4v) is 3.88. The number of amides is 1. The molecule has 0 aromatic carbocycles. The summed E-state index contributed by atoms with van der Waals surface area (Å²) in [6, 6.07) is 0.00934. The number of aromatic nitrogens is 2. The third-order valence-electron chi connectivity index (χ3n) is 5.11. The predicted molar refractivity (Wildman–Crippen MR) is 102 cm³/mol. The standard InChI is InChI=1S/C18H23N7O2/c1-20-8-13(11-7-21-24(2)9-11)17-22-14(6-16(19)23-17)12-4-3-5-25-15(12)10-27-18(25)26/h6-9,12,15,23H,3-5,10,19H2,1-2H3/b17-13+,20-8-/t12-,15-/m1/s1. The molecular weight excluding hydrogens is 346 g/mol. The SMILES string of the molecule is C/N=C\C(=C1\N=C([C@H]2CCCN3C(=O)OC[C@H]23)C=C(N)N1)c1cnn(C)c1. The van der Waals surface area contributed by atoms with Gasteiger partial charge in [-0.1, -0.05) is 0 Å². The van der Waals surface area contributed by atoms with Gasteiger partial charge in [-0.3, -0.25) is 9.67 Å². The van der Waals surface area contributed by atoms with E-state index in [0.29, 0.717) is 18.2 Å². The highest BCUT2D eigenvalue weighted by Crippen LogP contribution is 2.32. The number of aryl methyl sites for hydroxylation is 1. The van der Waals surface area contributed by atoms with Crippen LogP contribution in [-0.4, -0.2) is 58.9 Å². The number of allylic oxidation sites excluding steroid dienone is 2. The maximum atomic E-state index is 11.9. The number of cyclic esters (lactones) is 1. The molecule has 3 N–H and O–H groups in total. The largest absolute Gasteiger partial charge is 0.447 e. The van der Waals surface area contributed by atoms with Crippen LogP contribution >= 0.6 is 0 Å². The summed E-state index contributed by atoms with van der Waals surface area (Å²) in [6.45, 7) is 1.13. The van der Waals surface area contributed by atoms with Crippen LogP contribution in [0.4, 0.5) is 4.79 Å². The van der Waals surface area contributed by atoms with Gasteiger partial charge < -0.3 is 20.7 Å². The van der Waals surface area contributed by atoms with Crippen molar-refractivity contribution in [2.45, 2.75) is 18.9 Å². The van der Waals surface area contributed by atoms with E-state index >= 15 is 0 Å². The van der Waals surface area contributed by atoms with Crippen LogP contribution in [0, 0.1) is 5.92 Å². The second-order valence-electron chi connectivity index (χ2n) is 6.90. The highest BCUT2D eigenvalue weighted by Gasteiger charge is 2.42. The number of hydrogen-bond donors (Lipinski definition) is 2. The van der Waals surface area contributed by atoms with Gasteiger partial charge in [0.25, 0.3) is 0 Å². The van der Waals surface area contributed by atoms with Gasteiger partial charge in [0.2, 0.25) is 0 Å². The number of nitrogens with one attached hydrogen (secondary N) is 1. The molecule has 0 saturated carbocycles. The number of carbonyl (C=O) groups excluding carboxylic acids is 1. The van der Waals surface area contributed by atoms with Gasteiger partial charge in [-0.15, -0.1) is 0 Å². The first-order chi connectivity index (χ1) is 13.1. The number of fused-ring (bicyclic) bond motifs is 1. The summed E-state index contributed by atoms with van der Waals surface area (Å²) >= 11 is 0. The van der Waals surface area contributed by atoms with E-state index in [1.54, 1.807) is 24.1 Å². The summed E-state index contributed by atoms with van der Waals surface area (Å²) in [4.78, 5) is 22.7. The van der Waals surface area contributed by atoms with Gasteiger partial charge in [-0.2, -0.15) is 5.10 Å². The molecule has 0 bridgehead atoms. The van der Waals surface area contributed by atoms with Crippen molar-refractivity contribution in [3.05, 3.63) is 35.7 Å². The molecule has 0 spiro atoms. The third kappa shape index (κ3) is 3.20. The van der Waals surface area contributed by atoms with Crippen LogP contribution in [0.3, 0.4) is 0 Å². The van der Waals surface area contributed by atoms with Gasteiger partial charge in [0, 0.05) is 56.2 Å². The van der Waals surface area contributed by atoms with Gasteiger partial charge >= 0.3 is 6.09 Å². The van der Waals surface area contributed by atoms with Crippen molar-refractivity contribution < 1.29 is 9.53 Å². The van der Waals surface area contributed by atoms with Crippen LogP contribution in [0.15, 0.2) is 40.1 Å². The van der Waals surface area contributed by atoms with Gasteiger partial charge in [0.05, 0.1) is 18.0 Å². The van der Waals surface area contributed by atoms with Crippen molar-refractivity contribution in [1.82, 2.24) is 20.0 Å². The first-order valence-electron chi connectivity index (χ1n) is 8.98.